The lowest BCUT2D eigenvalue weighted by molar-refractivity contribution is -0.134. The van der Waals surface area contributed by atoms with E-state index in [9.17, 15) is 9.18 Å². The number of hydrogen-bond acceptors (Lipinski definition) is 9. The largest absolute Gasteiger partial charge is 0.497 e. The molecule has 0 bridgehead atoms. The second-order valence-corrected chi connectivity index (χ2v) is 7.84. The lowest BCUT2D eigenvalue weighted by Crippen LogP contribution is -2.28. The fraction of sp³-hybridized carbons (Fsp3) is 0.200. The molecule has 2 aromatic heterocycles. The topological polar surface area (TPSA) is 197 Å². The van der Waals surface area contributed by atoms with Gasteiger partial charge in [-0.1, -0.05) is 12.1 Å². The summed E-state index contributed by atoms with van der Waals surface area (Å²) in [5, 5.41) is 19.8. The van der Waals surface area contributed by atoms with Gasteiger partial charge in [-0.15, -0.1) is 9.78 Å². The van der Waals surface area contributed by atoms with Crippen molar-refractivity contribution in [3.63, 3.8) is 0 Å². The summed E-state index contributed by atoms with van der Waals surface area (Å²) in [7, 11) is 1.48. The first-order chi connectivity index (χ1) is 18.7. The van der Waals surface area contributed by atoms with E-state index in [0.29, 0.717) is 28.3 Å². The van der Waals surface area contributed by atoms with Crippen molar-refractivity contribution in [2.45, 2.75) is 13.0 Å². The van der Waals surface area contributed by atoms with Crippen LogP contribution in [0.4, 0.5) is 4.39 Å². The van der Waals surface area contributed by atoms with Gasteiger partial charge in [0.15, 0.2) is 5.82 Å². The van der Waals surface area contributed by atoms with Crippen LogP contribution in [0.15, 0.2) is 65.7 Å². The third-order valence-electron chi connectivity index (χ3n) is 5.10. The lowest BCUT2D eigenvalue weighted by atomic mass is 10.1. The fourth-order valence-electron chi connectivity index (χ4n) is 3.52. The van der Waals surface area contributed by atoms with Crippen LogP contribution in [0.3, 0.4) is 0 Å². The number of aromatic nitrogens is 5. The SMILES string of the molecule is CC(=O)O.COc1cc(OCCF)cc([C@H](N)c2nn(-c3ncccn3)c(=O)n2-c2ccccc2C(=N)N)c1. The van der Waals surface area contributed by atoms with Crippen LogP contribution in [0.1, 0.15) is 29.9 Å². The van der Waals surface area contributed by atoms with Gasteiger partial charge in [-0.3, -0.25) is 10.2 Å². The predicted molar refractivity (Wildman–Crippen MR) is 140 cm³/mol. The maximum atomic E-state index is 13.6. The Labute approximate surface area is 222 Å². The summed E-state index contributed by atoms with van der Waals surface area (Å²) in [6, 6.07) is 12.2. The highest BCUT2D eigenvalue weighted by Crippen LogP contribution is 2.29. The van der Waals surface area contributed by atoms with Crippen LogP contribution in [-0.2, 0) is 4.79 Å². The number of ether oxygens (including phenoxy) is 2. The van der Waals surface area contributed by atoms with Crippen molar-refractivity contribution in [2.75, 3.05) is 20.4 Å². The van der Waals surface area contributed by atoms with Crippen LogP contribution in [0.25, 0.3) is 11.6 Å². The maximum absolute atomic E-state index is 13.6. The number of carbonyl (C=O) groups is 1. The molecule has 14 heteroatoms. The Morgan fingerprint density at radius 2 is 1.79 bits per heavy atom. The van der Waals surface area contributed by atoms with Crippen molar-refractivity contribution in [1.82, 2.24) is 24.3 Å². The summed E-state index contributed by atoms with van der Waals surface area (Å²) in [4.78, 5) is 30.8. The highest BCUT2D eigenvalue weighted by Gasteiger charge is 2.26. The van der Waals surface area contributed by atoms with E-state index in [4.69, 9.17) is 36.3 Å². The van der Waals surface area contributed by atoms with Crippen LogP contribution in [0, 0.1) is 5.41 Å². The standard InChI is InChI=1S/C23H23FN8O3.C2H4O2/c1-34-15-11-14(12-16(13-15)35-10-7-24)19(25)21-30-32(22-28-8-4-9-29-22)23(33)31(21)18-6-3-2-5-17(18)20(26)27;1-2(3)4/h2-6,8-9,11-13,19H,7,10,25H2,1H3,(H3,26,27);1H3,(H,3,4)/t19-;/m0./s1. The molecule has 4 rings (SSSR count). The molecule has 13 nitrogen and oxygen atoms in total. The normalized spacial score (nSPS) is 11.2. The number of aliphatic carboxylic acids is 1. The Morgan fingerprint density at radius 1 is 1.15 bits per heavy atom. The molecule has 1 atom stereocenters. The second kappa shape index (κ2) is 12.9. The first-order valence-corrected chi connectivity index (χ1v) is 11.4. The summed E-state index contributed by atoms with van der Waals surface area (Å²) in [5.74, 6) is -0.130. The number of para-hydroxylation sites is 1. The van der Waals surface area contributed by atoms with Crippen LogP contribution >= 0.6 is 0 Å². The zero-order valence-corrected chi connectivity index (χ0v) is 21.1. The van der Waals surface area contributed by atoms with Gasteiger partial charge in [0.25, 0.3) is 11.9 Å². The molecule has 0 fully saturated rings. The molecule has 6 N–H and O–H groups in total. The van der Waals surface area contributed by atoms with Gasteiger partial charge in [0.1, 0.15) is 30.6 Å². The highest BCUT2D eigenvalue weighted by atomic mass is 19.1. The Kier molecular flexibility index (Phi) is 9.43. The van der Waals surface area contributed by atoms with Crippen molar-refractivity contribution in [3.8, 4) is 23.1 Å². The number of carboxylic acids is 1. The highest BCUT2D eigenvalue weighted by molar-refractivity contribution is 5.98. The van der Waals surface area contributed by atoms with E-state index in [1.807, 2.05) is 0 Å². The van der Waals surface area contributed by atoms with E-state index in [1.165, 1.54) is 24.1 Å². The molecule has 0 saturated carbocycles. The first-order valence-electron chi connectivity index (χ1n) is 11.4. The van der Waals surface area contributed by atoms with Gasteiger partial charge in [-0.05, 0) is 35.9 Å². The molecular formula is C25H27FN8O5. The Hall–Kier alpha value is -5.11. The quantitative estimate of drug-likeness (QED) is 0.179. The van der Waals surface area contributed by atoms with Gasteiger partial charge in [-0.25, -0.2) is 23.7 Å². The van der Waals surface area contributed by atoms with Crippen LogP contribution in [-0.4, -0.2) is 61.6 Å². The number of methoxy groups -OCH3 is 1. The summed E-state index contributed by atoms with van der Waals surface area (Å²) in [6.45, 7) is 0.278. The molecule has 0 radical (unpaired) electrons. The molecule has 0 unspecified atom stereocenters. The molecule has 0 aliphatic rings. The molecule has 39 heavy (non-hydrogen) atoms. The van der Waals surface area contributed by atoms with E-state index in [1.54, 1.807) is 48.5 Å². The van der Waals surface area contributed by atoms with Crippen molar-refractivity contribution in [1.29, 1.82) is 5.41 Å². The molecule has 0 amide bonds. The number of carboxylic acid groups (broad SMARTS) is 1. The van der Waals surface area contributed by atoms with E-state index >= 15 is 0 Å². The van der Waals surface area contributed by atoms with Crippen molar-refractivity contribution in [3.05, 3.63) is 88.4 Å². The number of nitrogens with zero attached hydrogens (tertiary/aromatic N) is 5. The van der Waals surface area contributed by atoms with Gasteiger partial charge in [0.2, 0.25) is 0 Å². The minimum atomic E-state index is -0.962. The maximum Gasteiger partial charge on any atom is 0.358 e. The van der Waals surface area contributed by atoms with E-state index in [-0.39, 0.29) is 24.2 Å². The number of amidine groups is 1. The molecule has 2 aromatic carbocycles. The zero-order chi connectivity index (χ0) is 28.5. The smallest absolute Gasteiger partial charge is 0.358 e. The van der Waals surface area contributed by atoms with Crippen LogP contribution < -0.4 is 26.6 Å². The summed E-state index contributed by atoms with van der Waals surface area (Å²) < 4.78 is 25.7. The van der Waals surface area contributed by atoms with Gasteiger partial charge in [-0.2, -0.15) is 0 Å². The van der Waals surface area contributed by atoms with Crippen LogP contribution in [0.5, 0.6) is 11.5 Å². The van der Waals surface area contributed by atoms with Crippen LogP contribution in [0.2, 0.25) is 0 Å². The molecule has 204 valence electrons. The van der Waals surface area contributed by atoms with Gasteiger partial charge in [0.05, 0.1) is 18.8 Å². The third-order valence-corrected chi connectivity index (χ3v) is 5.10. The van der Waals surface area contributed by atoms with E-state index < -0.39 is 24.4 Å². The number of rotatable bonds is 9. The van der Waals surface area contributed by atoms with Gasteiger partial charge < -0.3 is 26.0 Å². The average molecular weight is 539 g/mol. The first kappa shape index (κ1) is 28.5. The second-order valence-electron chi connectivity index (χ2n) is 7.84. The Morgan fingerprint density at radius 3 is 2.41 bits per heavy atom. The molecule has 2 heterocycles. The molecule has 0 saturated heterocycles. The molecule has 0 spiro atoms. The lowest BCUT2D eigenvalue weighted by Gasteiger charge is -2.17. The zero-order valence-electron chi connectivity index (χ0n) is 21.1. The molecule has 0 aliphatic heterocycles. The number of nitrogens with one attached hydrogen (secondary N) is 1. The Bertz CT molecular complexity index is 1500. The number of alkyl halides is 1. The summed E-state index contributed by atoms with van der Waals surface area (Å²) in [6.07, 6.45) is 2.96. The van der Waals surface area contributed by atoms with E-state index in [2.05, 4.69) is 15.1 Å². The minimum Gasteiger partial charge on any atom is -0.497 e. The number of halogens is 1. The van der Waals surface area contributed by atoms with Crippen molar-refractivity contribution >= 4 is 11.8 Å². The number of hydrogen-bond donors (Lipinski definition) is 4. The number of nitrogens with two attached hydrogens (primary N) is 2. The summed E-state index contributed by atoms with van der Waals surface area (Å²) >= 11 is 0. The predicted octanol–water partition coefficient (Wildman–Crippen LogP) is 1.59. The molecule has 4 aromatic rings. The minimum absolute atomic E-state index is 0.0441. The molecular weight excluding hydrogens is 511 g/mol. The number of nitrogen functional groups attached to an aromatic ring is 1. The van der Waals surface area contributed by atoms with Gasteiger partial charge in [0, 0.05) is 30.9 Å². The number of benzene rings is 2. The Balaban J connectivity index is 0.000000983. The monoisotopic (exact) mass is 538 g/mol. The van der Waals surface area contributed by atoms with Crippen molar-refractivity contribution in [2.24, 2.45) is 11.5 Å². The van der Waals surface area contributed by atoms with Gasteiger partial charge >= 0.3 is 5.69 Å². The van der Waals surface area contributed by atoms with Crippen molar-refractivity contribution < 1.29 is 23.8 Å². The average Bonchev–Trinajstić information content (AvgIpc) is 3.28. The summed E-state index contributed by atoms with van der Waals surface area (Å²) in [5.41, 5.74) is 12.9. The van der Waals surface area contributed by atoms with E-state index in [0.717, 1.165) is 11.6 Å². The third kappa shape index (κ3) is 6.81. The molecule has 0 aliphatic carbocycles. The fourth-order valence-corrected chi connectivity index (χ4v) is 3.52.